The van der Waals surface area contributed by atoms with E-state index in [0.717, 1.165) is 12.8 Å². The van der Waals surface area contributed by atoms with Crippen LogP contribution in [0.5, 0.6) is 5.88 Å². The molecule has 0 fully saturated rings. The summed E-state index contributed by atoms with van der Waals surface area (Å²) in [5, 5.41) is 5.06. The molecule has 0 aliphatic rings. The molecule has 0 spiro atoms. The SMILES string of the molecule is CC(C)CCCOc1ncccc1S(N)(=O)=O. The lowest BCUT2D eigenvalue weighted by Crippen LogP contribution is -2.15. The molecule has 0 saturated heterocycles. The minimum Gasteiger partial charge on any atom is -0.477 e. The molecule has 1 heterocycles. The van der Waals surface area contributed by atoms with Gasteiger partial charge in [-0.3, -0.25) is 0 Å². The first-order chi connectivity index (χ1) is 7.91. The number of rotatable bonds is 6. The average Bonchev–Trinajstić information content (AvgIpc) is 2.23. The fourth-order valence-electron chi connectivity index (χ4n) is 1.36. The third kappa shape index (κ3) is 4.70. The zero-order valence-corrected chi connectivity index (χ0v) is 10.9. The van der Waals surface area contributed by atoms with Crippen molar-refractivity contribution in [1.82, 2.24) is 4.98 Å². The van der Waals surface area contributed by atoms with E-state index >= 15 is 0 Å². The molecule has 0 bridgehead atoms. The second-order valence-electron chi connectivity index (χ2n) is 4.24. The van der Waals surface area contributed by atoms with Crippen molar-refractivity contribution < 1.29 is 13.2 Å². The maximum absolute atomic E-state index is 11.3. The van der Waals surface area contributed by atoms with Crippen LogP contribution in [0.1, 0.15) is 26.7 Å². The second-order valence-corrected chi connectivity index (χ2v) is 5.77. The van der Waals surface area contributed by atoms with Gasteiger partial charge in [0.2, 0.25) is 15.9 Å². The Morgan fingerprint density at radius 2 is 2.18 bits per heavy atom. The van der Waals surface area contributed by atoms with Gasteiger partial charge in [-0.25, -0.2) is 18.5 Å². The van der Waals surface area contributed by atoms with E-state index in [-0.39, 0.29) is 10.8 Å². The van der Waals surface area contributed by atoms with E-state index in [1.165, 1.54) is 18.3 Å². The molecule has 0 amide bonds. The molecule has 6 heteroatoms. The van der Waals surface area contributed by atoms with Gasteiger partial charge in [0.05, 0.1) is 6.61 Å². The number of primary sulfonamides is 1. The largest absolute Gasteiger partial charge is 0.477 e. The maximum atomic E-state index is 11.3. The quantitative estimate of drug-likeness (QED) is 0.785. The van der Waals surface area contributed by atoms with E-state index < -0.39 is 10.0 Å². The Bertz CT molecular complexity index is 458. The molecule has 17 heavy (non-hydrogen) atoms. The number of nitrogens with two attached hydrogens (primary N) is 1. The first-order valence-corrected chi connectivity index (χ1v) is 7.06. The molecule has 1 rings (SSSR count). The van der Waals surface area contributed by atoms with Crippen LogP contribution in [-0.4, -0.2) is 20.0 Å². The van der Waals surface area contributed by atoms with Crippen LogP contribution in [0.2, 0.25) is 0 Å². The molecule has 0 radical (unpaired) electrons. The number of aromatic nitrogens is 1. The van der Waals surface area contributed by atoms with Crippen LogP contribution in [0.3, 0.4) is 0 Å². The highest BCUT2D eigenvalue weighted by Gasteiger charge is 2.15. The Hall–Kier alpha value is -1.14. The lowest BCUT2D eigenvalue weighted by Gasteiger charge is -2.09. The predicted molar refractivity (Wildman–Crippen MR) is 65.2 cm³/mol. The zero-order valence-electron chi connectivity index (χ0n) is 10.1. The van der Waals surface area contributed by atoms with E-state index in [1.54, 1.807) is 0 Å². The number of ether oxygens (including phenoxy) is 1. The molecule has 0 atom stereocenters. The van der Waals surface area contributed by atoms with Gasteiger partial charge >= 0.3 is 0 Å². The Morgan fingerprint density at radius 1 is 1.47 bits per heavy atom. The zero-order chi connectivity index (χ0) is 12.9. The first kappa shape index (κ1) is 13.9. The van der Waals surface area contributed by atoms with Crippen LogP contribution in [0, 0.1) is 5.92 Å². The molecule has 96 valence electrons. The molecule has 5 nitrogen and oxygen atoms in total. The van der Waals surface area contributed by atoms with Crippen LogP contribution in [0.15, 0.2) is 23.2 Å². The number of sulfonamides is 1. The Balaban J connectivity index is 2.65. The van der Waals surface area contributed by atoms with Crippen LogP contribution in [0.4, 0.5) is 0 Å². The van der Waals surface area contributed by atoms with Crippen molar-refractivity contribution in [3.8, 4) is 5.88 Å². The number of pyridine rings is 1. The van der Waals surface area contributed by atoms with Crippen molar-refractivity contribution in [2.24, 2.45) is 11.1 Å². The Kier molecular flexibility index (Phi) is 4.89. The van der Waals surface area contributed by atoms with Crippen molar-refractivity contribution >= 4 is 10.0 Å². The van der Waals surface area contributed by atoms with Gasteiger partial charge in [0.25, 0.3) is 0 Å². The minimum atomic E-state index is -3.77. The molecule has 0 unspecified atom stereocenters. The molecule has 2 N–H and O–H groups in total. The van der Waals surface area contributed by atoms with Gasteiger partial charge in [0.1, 0.15) is 4.90 Å². The molecule has 0 aromatic carbocycles. The third-order valence-electron chi connectivity index (χ3n) is 2.21. The van der Waals surface area contributed by atoms with Crippen molar-refractivity contribution in [3.05, 3.63) is 18.3 Å². The third-order valence-corrected chi connectivity index (χ3v) is 3.13. The van der Waals surface area contributed by atoms with E-state index in [1.807, 2.05) is 0 Å². The van der Waals surface area contributed by atoms with Crippen LogP contribution in [0.25, 0.3) is 0 Å². The van der Waals surface area contributed by atoms with Crippen molar-refractivity contribution in [1.29, 1.82) is 0 Å². The van der Waals surface area contributed by atoms with Gasteiger partial charge in [-0.2, -0.15) is 0 Å². The van der Waals surface area contributed by atoms with Crippen LogP contribution in [-0.2, 0) is 10.0 Å². The van der Waals surface area contributed by atoms with Crippen molar-refractivity contribution in [2.75, 3.05) is 6.61 Å². The van der Waals surface area contributed by atoms with Crippen molar-refractivity contribution in [2.45, 2.75) is 31.6 Å². The van der Waals surface area contributed by atoms with Gasteiger partial charge < -0.3 is 4.74 Å². The summed E-state index contributed by atoms with van der Waals surface area (Å²) < 4.78 is 27.8. The first-order valence-electron chi connectivity index (χ1n) is 5.52. The fraction of sp³-hybridized carbons (Fsp3) is 0.545. The molecule has 0 aliphatic heterocycles. The lowest BCUT2D eigenvalue weighted by molar-refractivity contribution is 0.279. The van der Waals surface area contributed by atoms with Crippen molar-refractivity contribution in [3.63, 3.8) is 0 Å². The number of hydrogen-bond acceptors (Lipinski definition) is 4. The van der Waals surface area contributed by atoms with Gasteiger partial charge in [0.15, 0.2) is 0 Å². The molecule has 0 aliphatic carbocycles. The summed E-state index contributed by atoms with van der Waals surface area (Å²) in [5.41, 5.74) is 0. The summed E-state index contributed by atoms with van der Waals surface area (Å²) >= 11 is 0. The lowest BCUT2D eigenvalue weighted by atomic mass is 10.1. The van der Waals surface area contributed by atoms with Crippen LogP contribution >= 0.6 is 0 Å². The summed E-state index contributed by atoms with van der Waals surface area (Å²) in [7, 11) is -3.77. The smallest absolute Gasteiger partial charge is 0.243 e. The number of nitrogens with zero attached hydrogens (tertiary/aromatic N) is 1. The molecule has 0 saturated carbocycles. The highest BCUT2D eigenvalue weighted by Crippen LogP contribution is 2.19. The standard InChI is InChI=1S/C11H18N2O3S/c1-9(2)5-4-8-16-11-10(17(12,14)15)6-3-7-13-11/h3,6-7,9H,4-5,8H2,1-2H3,(H2,12,14,15). The maximum Gasteiger partial charge on any atom is 0.243 e. The monoisotopic (exact) mass is 258 g/mol. The summed E-state index contributed by atoms with van der Waals surface area (Å²) in [5.74, 6) is 0.679. The number of hydrogen-bond donors (Lipinski definition) is 1. The highest BCUT2D eigenvalue weighted by molar-refractivity contribution is 7.89. The summed E-state index contributed by atoms with van der Waals surface area (Å²) in [6.07, 6.45) is 3.36. The fourth-order valence-corrected chi connectivity index (χ4v) is 1.98. The molecular weight excluding hydrogens is 240 g/mol. The average molecular weight is 258 g/mol. The van der Waals surface area contributed by atoms with Gasteiger partial charge in [-0.15, -0.1) is 0 Å². The molecule has 1 aromatic rings. The van der Waals surface area contributed by atoms with E-state index in [0.29, 0.717) is 12.5 Å². The van der Waals surface area contributed by atoms with Gasteiger partial charge in [-0.05, 0) is 30.9 Å². The highest BCUT2D eigenvalue weighted by atomic mass is 32.2. The van der Waals surface area contributed by atoms with Crippen LogP contribution < -0.4 is 9.88 Å². The topological polar surface area (TPSA) is 82.3 Å². The summed E-state index contributed by atoms with van der Waals surface area (Å²) in [4.78, 5) is 3.82. The second kappa shape index (κ2) is 5.97. The Labute approximate surface area is 102 Å². The van der Waals surface area contributed by atoms with Gasteiger partial charge in [-0.1, -0.05) is 13.8 Å². The predicted octanol–water partition coefficient (Wildman–Crippen LogP) is 1.54. The van der Waals surface area contributed by atoms with E-state index in [4.69, 9.17) is 9.88 Å². The normalized spacial score (nSPS) is 11.8. The molecular formula is C11H18N2O3S. The van der Waals surface area contributed by atoms with E-state index in [2.05, 4.69) is 18.8 Å². The van der Waals surface area contributed by atoms with E-state index in [9.17, 15) is 8.42 Å². The Morgan fingerprint density at radius 3 is 2.76 bits per heavy atom. The summed E-state index contributed by atoms with van der Waals surface area (Å²) in [6.45, 7) is 4.69. The molecule has 1 aromatic heterocycles. The van der Waals surface area contributed by atoms with Gasteiger partial charge in [0, 0.05) is 6.20 Å². The summed E-state index contributed by atoms with van der Waals surface area (Å²) in [6, 6.07) is 2.90. The minimum absolute atomic E-state index is 0.0652.